The average molecular weight is 364 g/mol. The van der Waals surface area contributed by atoms with E-state index in [0.29, 0.717) is 6.04 Å². The second-order valence-corrected chi connectivity index (χ2v) is 8.18. The van der Waals surface area contributed by atoms with Crippen LogP contribution in [0.5, 0.6) is 0 Å². The van der Waals surface area contributed by atoms with Crippen molar-refractivity contribution in [3.63, 3.8) is 0 Å². The topological polar surface area (TPSA) is 44.0 Å². The van der Waals surface area contributed by atoms with Gasteiger partial charge < -0.3 is 14.6 Å². The van der Waals surface area contributed by atoms with Crippen molar-refractivity contribution in [1.29, 1.82) is 0 Å². The molecular formula is C22H28N4O. The molecule has 2 fully saturated rings. The van der Waals surface area contributed by atoms with Crippen molar-refractivity contribution in [2.45, 2.75) is 51.4 Å². The van der Waals surface area contributed by atoms with Crippen molar-refractivity contribution in [2.75, 3.05) is 13.2 Å². The van der Waals surface area contributed by atoms with E-state index in [9.17, 15) is 0 Å². The minimum absolute atomic E-state index is 0.0970. The van der Waals surface area contributed by atoms with Gasteiger partial charge in [0.05, 0.1) is 6.20 Å². The Bertz CT molecular complexity index is 921. The van der Waals surface area contributed by atoms with Crippen molar-refractivity contribution < 1.29 is 4.74 Å². The number of hydrogen-bond donors (Lipinski definition) is 1. The molecule has 142 valence electrons. The molecule has 0 bridgehead atoms. The second-order valence-electron chi connectivity index (χ2n) is 8.18. The third-order valence-electron chi connectivity index (χ3n) is 6.05. The maximum atomic E-state index is 5.85. The minimum atomic E-state index is 0.0970. The summed E-state index contributed by atoms with van der Waals surface area (Å²) in [5.41, 5.74) is 3.70. The summed E-state index contributed by atoms with van der Waals surface area (Å²) < 4.78 is 10.2. The molecule has 2 aliphatic heterocycles. The first-order valence-corrected chi connectivity index (χ1v) is 10.2. The normalized spacial score (nSPS) is 26.0. The maximum Gasteiger partial charge on any atom is 0.150 e. The summed E-state index contributed by atoms with van der Waals surface area (Å²) in [5, 5.41) is 9.41. The van der Waals surface area contributed by atoms with Crippen LogP contribution in [0.3, 0.4) is 0 Å². The van der Waals surface area contributed by atoms with Crippen LogP contribution in [-0.2, 0) is 11.3 Å². The van der Waals surface area contributed by atoms with Crippen molar-refractivity contribution in [3.8, 4) is 11.1 Å². The molecule has 5 rings (SSSR count). The predicted octanol–water partition coefficient (Wildman–Crippen LogP) is 4.20. The summed E-state index contributed by atoms with van der Waals surface area (Å²) in [5.74, 6) is 0.726. The molecule has 0 amide bonds. The monoisotopic (exact) mass is 364 g/mol. The lowest BCUT2D eigenvalue weighted by Crippen LogP contribution is -2.18. The molecule has 5 heteroatoms. The van der Waals surface area contributed by atoms with Crippen LogP contribution in [0.4, 0.5) is 0 Å². The number of nitrogens with one attached hydrogen (secondary N) is 1. The van der Waals surface area contributed by atoms with Crippen LogP contribution in [0, 0.1) is 5.92 Å². The van der Waals surface area contributed by atoms with E-state index in [4.69, 9.17) is 4.74 Å². The van der Waals surface area contributed by atoms with Gasteiger partial charge in [0.2, 0.25) is 0 Å². The average Bonchev–Trinajstić information content (AvgIpc) is 3.43. The molecule has 1 aromatic carbocycles. The van der Waals surface area contributed by atoms with Gasteiger partial charge in [0, 0.05) is 48.1 Å². The molecule has 0 aliphatic carbocycles. The van der Waals surface area contributed by atoms with Crippen LogP contribution in [0.1, 0.15) is 38.8 Å². The fourth-order valence-corrected chi connectivity index (χ4v) is 4.57. The van der Waals surface area contributed by atoms with Crippen molar-refractivity contribution in [3.05, 3.63) is 42.9 Å². The predicted molar refractivity (Wildman–Crippen MR) is 108 cm³/mol. The van der Waals surface area contributed by atoms with Crippen molar-refractivity contribution in [1.82, 2.24) is 19.7 Å². The Morgan fingerprint density at radius 2 is 2.19 bits per heavy atom. The molecule has 0 radical (unpaired) electrons. The van der Waals surface area contributed by atoms with E-state index in [1.165, 1.54) is 29.3 Å². The molecule has 27 heavy (non-hydrogen) atoms. The van der Waals surface area contributed by atoms with Gasteiger partial charge in [0.15, 0.2) is 0 Å². The number of aromatic nitrogens is 3. The van der Waals surface area contributed by atoms with E-state index in [-0.39, 0.29) is 6.23 Å². The van der Waals surface area contributed by atoms with E-state index in [1.54, 1.807) is 0 Å². The third kappa shape index (κ3) is 3.42. The summed E-state index contributed by atoms with van der Waals surface area (Å²) in [6.45, 7) is 5.34. The summed E-state index contributed by atoms with van der Waals surface area (Å²) in [4.78, 5) is 0. The molecule has 1 N–H and O–H groups in total. The van der Waals surface area contributed by atoms with E-state index >= 15 is 0 Å². The van der Waals surface area contributed by atoms with Crippen LogP contribution in [-0.4, -0.2) is 33.5 Å². The van der Waals surface area contributed by atoms with E-state index in [2.05, 4.69) is 58.6 Å². The van der Waals surface area contributed by atoms with Crippen LogP contribution < -0.4 is 5.32 Å². The molecule has 5 nitrogen and oxygen atoms in total. The lowest BCUT2D eigenvalue weighted by molar-refractivity contribution is -0.0394. The van der Waals surface area contributed by atoms with Gasteiger partial charge in [-0.3, -0.25) is 0 Å². The Labute approximate surface area is 160 Å². The van der Waals surface area contributed by atoms with Gasteiger partial charge in [0.1, 0.15) is 6.23 Å². The van der Waals surface area contributed by atoms with E-state index in [0.717, 1.165) is 44.0 Å². The first kappa shape index (κ1) is 17.0. The van der Waals surface area contributed by atoms with Crippen molar-refractivity contribution >= 4 is 10.9 Å². The fraction of sp³-hybridized carbons (Fsp3) is 0.500. The first-order chi connectivity index (χ1) is 13.3. The molecule has 3 atom stereocenters. The number of rotatable bonds is 4. The highest BCUT2D eigenvalue weighted by Crippen LogP contribution is 2.28. The van der Waals surface area contributed by atoms with Gasteiger partial charge in [-0.2, -0.15) is 5.10 Å². The summed E-state index contributed by atoms with van der Waals surface area (Å²) in [6.07, 6.45) is 11.1. The highest BCUT2D eigenvalue weighted by Gasteiger charge is 2.21. The fourth-order valence-electron chi connectivity index (χ4n) is 4.57. The maximum absolute atomic E-state index is 5.85. The highest BCUT2D eigenvalue weighted by molar-refractivity contribution is 5.85. The molecule has 3 aromatic rings. The Balaban J connectivity index is 1.36. The molecule has 2 saturated heterocycles. The zero-order valence-corrected chi connectivity index (χ0v) is 16.0. The van der Waals surface area contributed by atoms with E-state index in [1.807, 2.05) is 10.9 Å². The number of hydrogen-bond acceptors (Lipinski definition) is 3. The Hall–Kier alpha value is -2.11. The third-order valence-corrected chi connectivity index (χ3v) is 6.05. The smallest absolute Gasteiger partial charge is 0.150 e. The largest absolute Gasteiger partial charge is 0.357 e. The van der Waals surface area contributed by atoms with Gasteiger partial charge in [-0.05, 0) is 68.8 Å². The molecule has 4 heterocycles. The van der Waals surface area contributed by atoms with Crippen LogP contribution in [0.15, 0.2) is 42.9 Å². The molecule has 2 aromatic heterocycles. The zero-order chi connectivity index (χ0) is 18.2. The Kier molecular flexibility index (Phi) is 4.50. The summed E-state index contributed by atoms with van der Waals surface area (Å²) >= 11 is 0. The van der Waals surface area contributed by atoms with Crippen molar-refractivity contribution in [2.24, 2.45) is 5.92 Å². The molecule has 2 unspecified atom stereocenters. The lowest BCUT2D eigenvalue weighted by atomic mass is 10.1. The zero-order valence-electron chi connectivity index (χ0n) is 16.0. The standard InChI is InChI=1S/C22H28N4O/c1-16-10-17(12-23-16)14-25-8-7-19-11-18(5-6-21(19)25)20-13-24-26(15-20)22-4-2-3-9-27-22/h5-8,11,13,15-17,22-23H,2-4,9-10,12,14H2,1H3/t16-,17?,22?/m1/s1. The van der Waals surface area contributed by atoms with Gasteiger partial charge in [-0.15, -0.1) is 0 Å². The Morgan fingerprint density at radius 3 is 3.00 bits per heavy atom. The molecule has 2 aliphatic rings. The van der Waals surface area contributed by atoms with Gasteiger partial charge in [-0.25, -0.2) is 4.68 Å². The number of nitrogens with zero attached hydrogens (tertiary/aromatic N) is 3. The SMILES string of the molecule is C[C@@H]1CC(Cn2ccc3cc(-c4cnn(C5CCCCO5)c4)ccc32)CN1. The highest BCUT2D eigenvalue weighted by atomic mass is 16.5. The number of ether oxygens (including phenoxy) is 1. The molecule has 0 saturated carbocycles. The summed E-state index contributed by atoms with van der Waals surface area (Å²) in [6, 6.07) is 9.64. The second kappa shape index (κ2) is 7.13. The van der Waals surface area contributed by atoms with E-state index < -0.39 is 0 Å². The van der Waals surface area contributed by atoms with Crippen LogP contribution in [0.25, 0.3) is 22.0 Å². The molecular weight excluding hydrogens is 336 g/mol. The molecule has 0 spiro atoms. The first-order valence-electron chi connectivity index (χ1n) is 10.2. The lowest BCUT2D eigenvalue weighted by Gasteiger charge is -2.22. The minimum Gasteiger partial charge on any atom is -0.357 e. The van der Waals surface area contributed by atoms with Gasteiger partial charge in [0.25, 0.3) is 0 Å². The quantitative estimate of drug-likeness (QED) is 0.754. The Morgan fingerprint density at radius 1 is 1.22 bits per heavy atom. The number of fused-ring (bicyclic) bond motifs is 1. The number of benzene rings is 1. The van der Waals surface area contributed by atoms with Crippen LogP contribution in [0.2, 0.25) is 0 Å². The van der Waals surface area contributed by atoms with Gasteiger partial charge >= 0.3 is 0 Å². The van der Waals surface area contributed by atoms with Crippen LogP contribution >= 0.6 is 0 Å². The van der Waals surface area contributed by atoms with Gasteiger partial charge in [-0.1, -0.05) is 6.07 Å². The summed E-state index contributed by atoms with van der Waals surface area (Å²) in [7, 11) is 0.